The molecule has 0 saturated heterocycles. The number of rotatable bonds is 2. The van der Waals surface area contributed by atoms with Crippen LogP contribution in [-0.4, -0.2) is 29.5 Å². The van der Waals surface area contributed by atoms with Crippen LogP contribution < -0.4 is 0 Å². The summed E-state index contributed by atoms with van der Waals surface area (Å²) >= 11 is 18.1. The van der Waals surface area contributed by atoms with E-state index in [4.69, 9.17) is 34.8 Å². The van der Waals surface area contributed by atoms with E-state index in [0.717, 1.165) is 0 Å². The van der Waals surface area contributed by atoms with Gasteiger partial charge in [-0.05, 0) is 36.4 Å². The molecule has 0 saturated carbocycles. The third-order valence-electron chi connectivity index (χ3n) is 3.20. The van der Waals surface area contributed by atoms with Gasteiger partial charge in [-0.3, -0.25) is 9.69 Å². The van der Waals surface area contributed by atoms with Crippen LogP contribution in [-0.2, 0) is 0 Å². The Hall–Kier alpha value is -1.88. The van der Waals surface area contributed by atoms with Crippen molar-refractivity contribution in [1.29, 1.82) is 0 Å². The molecule has 0 fully saturated rings. The van der Waals surface area contributed by atoms with E-state index >= 15 is 0 Å². The van der Waals surface area contributed by atoms with Crippen LogP contribution in [0.5, 0.6) is 0 Å². The van der Waals surface area contributed by atoms with Gasteiger partial charge in [0, 0.05) is 16.8 Å². The van der Waals surface area contributed by atoms with Gasteiger partial charge in [0.25, 0.3) is 5.91 Å². The van der Waals surface area contributed by atoms with Crippen LogP contribution in [0.2, 0.25) is 15.1 Å². The smallest absolute Gasteiger partial charge is 0.260 e. The zero-order valence-corrected chi connectivity index (χ0v) is 14.0. The lowest BCUT2D eigenvalue weighted by Crippen LogP contribution is -2.33. The van der Waals surface area contributed by atoms with Crippen LogP contribution in [0.1, 0.15) is 10.4 Å². The summed E-state index contributed by atoms with van der Waals surface area (Å²) in [6.45, 7) is 0.336. The lowest BCUT2D eigenvalue weighted by Gasteiger charge is -2.15. The first kappa shape index (κ1) is 16.0. The average Bonchev–Trinajstić information content (AvgIpc) is 2.99. The minimum absolute atomic E-state index is 0.221. The van der Waals surface area contributed by atoms with Crippen molar-refractivity contribution in [3.05, 3.63) is 63.1 Å². The number of halogens is 3. The van der Waals surface area contributed by atoms with Crippen molar-refractivity contribution in [2.24, 2.45) is 9.98 Å². The standard InChI is InChI=1S/C16H10Cl3N3O/c17-11-6-4-10(5-7-11)15(23)22-9-8-20-16(22)21-14-12(18)2-1-3-13(14)19/h1-8H,9H2. The summed E-state index contributed by atoms with van der Waals surface area (Å²) < 4.78 is 0. The predicted octanol–water partition coefficient (Wildman–Crippen LogP) is 4.86. The molecule has 116 valence electrons. The second-order valence-electron chi connectivity index (χ2n) is 4.72. The second-order valence-corrected chi connectivity index (χ2v) is 5.97. The molecular weight excluding hydrogens is 357 g/mol. The molecule has 1 aliphatic rings. The van der Waals surface area contributed by atoms with Crippen molar-refractivity contribution >= 4 is 58.6 Å². The summed E-state index contributed by atoms with van der Waals surface area (Å²) in [6, 6.07) is 11.7. The number of aliphatic imine (C=N–C) groups is 2. The molecule has 1 aliphatic heterocycles. The van der Waals surface area contributed by atoms with Crippen molar-refractivity contribution < 1.29 is 4.79 Å². The number of guanidine groups is 1. The molecule has 23 heavy (non-hydrogen) atoms. The maximum absolute atomic E-state index is 12.6. The average molecular weight is 367 g/mol. The molecule has 2 aromatic carbocycles. The van der Waals surface area contributed by atoms with Gasteiger partial charge >= 0.3 is 0 Å². The number of benzene rings is 2. The van der Waals surface area contributed by atoms with E-state index in [-0.39, 0.29) is 11.9 Å². The van der Waals surface area contributed by atoms with Crippen molar-refractivity contribution in [1.82, 2.24) is 4.90 Å². The molecule has 2 aromatic rings. The van der Waals surface area contributed by atoms with Crippen LogP contribution in [0, 0.1) is 0 Å². The maximum atomic E-state index is 12.6. The summed E-state index contributed by atoms with van der Waals surface area (Å²) in [4.78, 5) is 22.5. The van der Waals surface area contributed by atoms with E-state index in [9.17, 15) is 4.79 Å². The first-order valence-corrected chi connectivity index (χ1v) is 7.82. The highest BCUT2D eigenvalue weighted by Gasteiger charge is 2.24. The Labute approximate surface area is 148 Å². The summed E-state index contributed by atoms with van der Waals surface area (Å²) in [7, 11) is 0. The Morgan fingerprint density at radius 1 is 1.04 bits per heavy atom. The van der Waals surface area contributed by atoms with Gasteiger partial charge in [0.05, 0.1) is 16.6 Å². The van der Waals surface area contributed by atoms with Crippen molar-refractivity contribution in [2.75, 3.05) is 6.54 Å². The van der Waals surface area contributed by atoms with Crippen molar-refractivity contribution in [2.45, 2.75) is 0 Å². The van der Waals surface area contributed by atoms with Gasteiger partial charge in [0.15, 0.2) is 0 Å². The second kappa shape index (κ2) is 6.71. The quantitative estimate of drug-likeness (QED) is 0.748. The van der Waals surface area contributed by atoms with E-state index < -0.39 is 0 Å². The first-order valence-electron chi connectivity index (χ1n) is 6.69. The molecule has 0 atom stereocenters. The normalized spacial score (nSPS) is 15.4. The molecule has 1 amide bonds. The summed E-state index contributed by atoms with van der Waals surface area (Å²) in [5, 5.41) is 1.35. The molecule has 0 aliphatic carbocycles. The van der Waals surface area contributed by atoms with Crippen LogP contribution in [0.3, 0.4) is 0 Å². The van der Waals surface area contributed by atoms with Crippen LogP contribution in [0.25, 0.3) is 0 Å². The Morgan fingerprint density at radius 3 is 2.35 bits per heavy atom. The van der Waals surface area contributed by atoms with Gasteiger partial charge in [-0.15, -0.1) is 0 Å². The Bertz CT molecular complexity index is 796. The monoisotopic (exact) mass is 365 g/mol. The third-order valence-corrected chi connectivity index (χ3v) is 4.06. The largest absolute Gasteiger partial charge is 0.271 e. The van der Waals surface area contributed by atoms with E-state index in [1.54, 1.807) is 48.7 Å². The van der Waals surface area contributed by atoms with Gasteiger partial charge in [-0.1, -0.05) is 40.9 Å². The van der Waals surface area contributed by atoms with E-state index in [2.05, 4.69) is 9.98 Å². The summed E-state index contributed by atoms with van der Waals surface area (Å²) in [6.07, 6.45) is 1.61. The van der Waals surface area contributed by atoms with Gasteiger partial charge in [0.1, 0.15) is 5.69 Å². The van der Waals surface area contributed by atoms with Crippen LogP contribution in [0.4, 0.5) is 5.69 Å². The zero-order chi connectivity index (χ0) is 16.4. The number of hydrogen-bond donors (Lipinski definition) is 0. The van der Waals surface area contributed by atoms with E-state index in [1.165, 1.54) is 4.90 Å². The number of para-hydroxylation sites is 1. The van der Waals surface area contributed by atoms with E-state index in [1.807, 2.05) is 0 Å². The minimum Gasteiger partial charge on any atom is -0.271 e. The van der Waals surface area contributed by atoms with Gasteiger partial charge in [-0.25, -0.2) is 9.98 Å². The predicted molar refractivity (Wildman–Crippen MR) is 94.5 cm³/mol. The fourth-order valence-corrected chi connectivity index (χ4v) is 2.67. The SMILES string of the molecule is O=C(c1ccc(Cl)cc1)N1CC=NC1=Nc1c(Cl)cccc1Cl. The number of carbonyl (C=O) groups is 1. The van der Waals surface area contributed by atoms with Crippen LogP contribution in [0.15, 0.2) is 52.4 Å². The number of carbonyl (C=O) groups excluding carboxylic acids is 1. The molecule has 0 aromatic heterocycles. The molecule has 0 unspecified atom stereocenters. The molecule has 7 heteroatoms. The van der Waals surface area contributed by atoms with Crippen molar-refractivity contribution in [3.63, 3.8) is 0 Å². The Kier molecular flexibility index (Phi) is 4.66. The number of hydrogen-bond acceptors (Lipinski definition) is 2. The van der Waals surface area contributed by atoms with E-state index in [0.29, 0.717) is 32.9 Å². The minimum atomic E-state index is -0.221. The fourth-order valence-electron chi connectivity index (χ4n) is 2.06. The fraction of sp³-hybridized carbons (Fsp3) is 0.0625. The topological polar surface area (TPSA) is 45.0 Å². The summed E-state index contributed by atoms with van der Waals surface area (Å²) in [5.41, 5.74) is 0.886. The molecule has 3 rings (SSSR count). The molecule has 0 radical (unpaired) electrons. The molecule has 1 heterocycles. The number of nitrogens with zero attached hydrogens (tertiary/aromatic N) is 3. The summed E-state index contributed by atoms with van der Waals surface area (Å²) in [5.74, 6) is 0.0287. The third kappa shape index (κ3) is 3.39. The highest BCUT2D eigenvalue weighted by Crippen LogP contribution is 2.33. The molecular formula is C16H10Cl3N3O. The molecule has 0 spiro atoms. The Balaban J connectivity index is 1.93. The lowest BCUT2D eigenvalue weighted by molar-refractivity contribution is 0.0864. The Morgan fingerprint density at radius 2 is 1.70 bits per heavy atom. The zero-order valence-electron chi connectivity index (χ0n) is 11.7. The molecule has 0 bridgehead atoms. The maximum Gasteiger partial charge on any atom is 0.260 e. The molecule has 4 nitrogen and oxygen atoms in total. The highest BCUT2D eigenvalue weighted by molar-refractivity contribution is 6.39. The van der Waals surface area contributed by atoms with Crippen LogP contribution >= 0.6 is 34.8 Å². The van der Waals surface area contributed by atoms with Crippen molar-refractivity contribution in [3.8, 4) is 0 Å². The first-order chi connectivity index (χ1) is 11.1. The lowest BCUT2D eigenvalue weighted by atomic mass is 10.2. The van der Waals surface area contributed by atoms with Gasteiger partial charge in [-0.2, -0.15) is 0 Å². The highest BCUT2D eigenvalue weighted by atomic mass is 35.5. The number of amides is 1. The molecule has 0 N–H and O–H groups in total. The van der Waals surface area contributed by atoms with Gasteiger partial charge < -0.3 is 0 Å². The van der Waals surface area contributed by atoms with Gasteiger partial charge in [0.2, 0.25) is 5.96 Å².